The van der Waals surface area contributed by atoms with Crippen LogP contribution in [0.1, 0.15) is 31.4 Å². The first-order valence-electron chi connectivity index (χ1n) is 11.8. The zero-order valence-electron chi connectivity index (χ0n) is 21.1. The monoisotopic (exact) mass is 528 g/mol. The van der Waals surface area contributed by atoms with Gasteiger partial charge in [-0.1, -0.05) is 74.5 Å². The van der Waals surface area contributed by atoms with Crippen LogP contribution in [0.15, 0.2) is 60.7 Å². The Kier molecular flexibility index (Phi) is 12.4. The third kappa shape index (κ3) is 12.2. The van der Waals surface area contributed by atoms with Gasteiger partial charge in [0.2, 0.25) is 0 Å². The lowest BCUT2D eigenvalue weighted by molar-refractivity contribution is -0.124. The largest absolute Gasteiger partial charge is 0.445 e. The van der Waals surface area contributed by atoms with Crippen LogP contribution in [0.3, 0.4) is 0 Å². The summed E-state index contributed by atoms with van der Waals surface area (Å²) in [6, 6.07) is 16.1. The fourth-order valence-corrected chi connectivity index (χ4v) is 2.94. The molecule has 0 bridgehead atoms. The van der Waals surface area contributed by atoms with E-state index in [9.17, 15) is 24.0 Å². The Hall–Kier alpha value is -4.81. The number of benzene rings is 2. The molecule has 0 saturated carbocycles. The maximum Gasteiger partial charge on any atom is 0.408 e. The first-order chi connectivity index (χ1) is 18.2. The standard InChI is InChI=1S/C25H32N6O7/c1-17(2)13-20(27-25(36)38-16-19-11-7-4-8-12-19)22(33)29-31-23(34)30-28-21(32)14-26-24(35)37-15-18-9-5-3-6-10-18/h3-12,17,20H,13-16H2,1-2H3,(H,26,35)(H,27,36)(H,28,32)(H,29,33)(H2,30,31,34)/t20-/m0/s1. The van der Waals surface area contributed by atoms with E-state index >= 15 is 0 Å². The molecule has 6 N–H and O–H groups in total. The number of hydrazine groups is 2. The Morgan fingerprint density at radius 3 is 1.79 bits per heavy atom. The van der Waals surface area contributed by atoms with Crippen LogP contribution < -0.4 is 32.3 Å². The van der Waals surface area contributed by atoms with Gasteiger partial charge < -0.3 is 20.1 Å². The molecular formula is C25H32N6O7. The predicted octanol–water partition coefficient (Wildman–Crippen LogP) is 1.62. The van der Waals surface area contributed by atoms with Crippen molar-refractivity contribution in [1.29, 1.82) is 0 Å². The van der Waals surface area contributed by atoms with Crippen LogP contribution in [0, 0.1) is 5.92 Å². The van der Waals surface area contributed by atoms with Crippen LogP contribution in [0.5, 0.6) is 0 Å². The normalized spacial score (nSPS) is 10.9. The number of amides is 6. The van der Waals surface area contributed by atoms with Gasteiger partial charge >= 0.3 is 18.2 Å². The van der Waals surface area contributed by atoms with Crippen LogP contribution in [0.25, 0.3) is 0 Å². The molecule has 0 aliphatic heterocycles. The Bertz CT molecular complexity index is 1070. The van der Waals surface area contributed by atoms with E-state index in [2.05, 4.69) is 21.5 Å². The summed E-state index contributed by atoms with van der Waals surface area (Å²) < 4.78 is 10.1. The number of carbonyl (C=O) groups excluding carboxylic acids is 5. The van der Waals surface area contributed by atoms with E-state index in [4.69, 9.17) is 9.47 Å². The summed E-state index contributed by atoms with van der Waals surface area (Å²) in [7, 11) is 0. The highest BCUT2D eigenvalue weighted by molar-refractivity contribution is 5.88. The van der Waals surface area contributed by atoms with Gasteiger partial charge in [0.15, 0.2) is 0 Å². The maximum atomic E-state index is 12.5. The zero-order valence-corrected chi connectivity index (χ0v) is 21.1. The average molecular weight is 529 g/mol. The fraction of sp³-hybridized carbons (Fsp3) is 0.320. The molecule has 0 radical (unpaired) electrons. The number of nitrogens with one attached hydrogen (secondary N) is 6. The summed E-state index contributed by atoms with van der Waals surface area (Å²) in [6.07, 6.45) is -1.33. The highest BCUT2D eigenvalue weighted by Gasteiger charge is 2.23. The van der Waals surface area contributed by atoms with Gasteiger partial charge in [-0.3, -0.25) is 20.4 Å². The highest BCUT2D eigenvalue weighted by Crippen LogP contribution is 2.06. The summed E-state index contributed by atoms with van der Waals surface area (Å²) in [4.78, 5) is 60.0. The molecule has 2 aromatic rings. The number of rotatable bonds is 10. The van der Waals surface area contributed by atoms with Gasteiger partial charge in [-0.25, -0.2) is 25.2 Å². The molecule has 0 aromatic heterocycles. The van der Waals surface area contributed by atoms with Crippen molar-refractivity contribution >= 4 is 30.0 Å². The number of alkyl carbamates (subject to hydrolysis) is 2. The van der Waals surface area contributed by atoms with Crippen LogP contribution >= 0.6 is 0 Å². The molecule has 0 unspecified atom stereocenters. The Morgan fingerprint density at radius 2 is 1.24 bits per heavy atom. The summed E-state index contributed by atoms with van der Waals surface area (Å²) in [6.45, 7) is 3.32. The second-order valence-corrected chi connectivity index (χ2v) is 8.42. The zero-order chi connectivity index (χ0) is 27.8. The minimum Gasteiger partial charge on any atom is -0.445 e. The average Bonchev–Trinajstić information content (AvgIpc) is 2.91. The minimum atomic E-state index is -0.987. The highest BCUT2D eigenvalue weighted by atomic mass is 16.6. The van der Waals surface area contributed by atoms with Crippen molar-refractivity contribution in [2.75, 3.05) is 6.54 Å². The number of carbonyl (C=O) groups is 5. The minimum absolute atomic E-state index is 0.0304. The molecule has 6 amide bonds. The Labute approximate surface area is 220 Å². The predicted molar refractivity (Wildman–Crippen MR) is 136 cm³/mol. The fourth-order valence-electron chi connectivity index (χ4n) is 2.94. The van der Waals surface area contributed by atoms with Gasteiger partial charge in [0.1, 0.15) is 25.8 Å². The molecular weight excluding hydrogens is 496 g/mol. The molecule has 1 atom stereocenters. The van der Waals surface area contributed by atoms with Crippen molar-refractivity contribution in [3.8, 4) is 0 Å². The van der Waals surface area contributed by atoms with E-state index in [0.717, 1.165) is 11.1 Å². The third-order valence-electron chi connectivity index (χ3n) is 4.75. The van der Waals surface area contributed by atoms with Gasteiger partial charge in [0, 0.05) is 0 Å². The molecule has 0 aliphatic rings. The number of urea groups is 1. The second-order valence-electron chi connectivity index (χ2n) is 8.42. The van der Waals surface area contributed by atoms with E-state index in [-0.39, 0.29) is 25.6 Å². The quantitative estimate of drug-likeness (QED) is 0.254. The molecule has 0 fully saturated rings. The van der Waals surface area contributed by atoms with Gasteiger partial charge in [0.25, 0.3) is 11.8 Å². The van der Waals surface area contributed by atoms with E-state index in [1.807, 2.05) is 49.0 Å². The van der Waals surface area contributed by atoms with E-state index in [0.29, 0.717) is 0 Å². The SMILES string of the molecule is CC(C)C[C@H](NC(=O)OCc1ccccc1)C(=O)NNC(=O)NNC(=O)CNC(=O)OCc1ccccc1. The van der Waals surface area contributed by atoms with Crippen molar-refractivity contribution in [3.63, 3.8) is 0 Å². The van der Waals surface area contributed by atoms with Gasteiger partial charge in [-0.2, -0.15) is 0 Å². The van der Waals surface area contributed by atoms with Crippen molar-refractivity contribution in [3.05, 3.63) is 71.8 Å². The van der Waals surface area contributed by atoms with Gasteiger partial charge in [0.05, 0.1) is 0 Å². The smallest absolute Gasteiger partial charge is 0.408 e. The summed E-state index contributed by atoms with van der Waals surface area (Å²) in [5, 5.41) is 4.71. The number of ether oxygens (including phenoxy) is 2. The molecule has 204 valence electrons. The topological polar surface area (TPSA) is 176 Å². The third-order valence-corrected chi connectivity index (χ3v) is 4.75. The van der Waals surface area contributed by atoms with Crippen molar-refractivity contribution in [2.45, 2.75) is 39.5 Å². The molecule has 0 heterocycles. The van der Waals surface area contributed by atoms with Crippen molar-refractivity contribution in [1.82, 2.24) is 32.3 Å². The molecule has 0 saturated heterocycles. The molecule has 2 rings (SSSR count). The maximum absolute atomic E-state index is 12.5. The molecule has 13 nitrogen and oxygen atoms in total. The van der Waals surface area contributed by atoms with Crippen LogP contribution in [-0.4, -0.2) is 42.6 Å². The summed E-state index contributed by atoms with van der Waals surface area (Å²) >= 11 is 0. The molecule has 0 aliphatic carbocycles. The van der Waals surface area contributed by atoms with Crippen LogP contribution in [0.4, 0.5) is 14.4 Å². The van der Waals surface area contributed by atoms with E-state index in [1.54, 1.807) is 36.4 Å². The number of hydrogen-bond donors (Lipinski definition) is 6. The van der Waals surface area contributed by atoms with Gasteiger partial charge in [-0.05, 0) is 23.5 Å². The summed E-state index contributed by atoms with van der Waals surface area (Å²) in [5.74, 6) is -1.40. The molecule has 0 spiro atoms. The lowest BCUT2D eigenvalue weighted by Gasteiger charge is -2.20. The first kappa shape index (κ1) is 29.4. The van der Waals surface area contributed by atoms with Gasteiger partial charge in [-0.15, -0.1) is 0 Å². The second kappa shape index (κ2) is 16.0. The lowest BCUT2D eigenvalue weighted by Crippen LogP contribution is -2.57. The van der Waals surface area contributed by atoms with Crippen LogP contribution in [-0.2, 0) is 32.3 Å². The van der Waals surface area contributed by atoms with Crippen LogP contribution in [0.2, 0.25) is 0 Å². The first-order valence-corrected chi connectivity index (χ1v) is 11.8. The molecule has 2 aromatic carbocycles. The molecule has 13 heteroatoms. The number of hydrogen-bond acceptors (Lipinski definition) is 7. The Morgan fingerprint density at radius 1 is 0.711 bits per heavy atom. The summed E-state index contributed by atoms with van der Waals surface area (Å²) in [5.41, 5.74) is 9.84. The Balaban J connectivity index is 1.66. The molecule has 38 heavy (non-hydrogen) atoms. The lowest BCUT2D eigenvalue weighted by atomic mass is 10.0. The van der Waals surface area contributed by atoms with E-state index in [1.165, 1.54) is 0 Å². The van der Waals surface area contributed by atoms with Crippen molar-refractivity contribution < 1.29 is 33.4 Å². The van der Waals surface area contributed by atoms with Crippen molar-refractivity contribution in [2.24, 2.45) is 5.92 Å². The van der Waals surface area contributed by atoms with E-state index < -0.39 is 42.6 Å².